The van der Waals surface area contributed by atoms with E-state index < -0.39 is 35.6 Å². The number of halogens is 3. The second-order valence-electron chi connectivity index (χ2n) is 5.31. The van der Waals surface area contributed by atoms with Crippen LogP contribution in [0.25, 0.3) is 0 Å². The summed E-state index contributed by atoms with van der Waals surface area (Å²) in [7, 11) is 0. The van der Waals surface area contributed by atoms with Crippen LogP contribution in [0.1, 0.15) is 18.2 Å². The molecule has 1 aromatic carbocycles. The zero-order valence-electron chi connectivity index (χ0n) is 12.1. The largest absolute Gasteiger partial charge is 0.347 e. The molecule has 0 radical (unpaired) electrons. The molecule has 2 atom stereocenters. The van der Waals surface area contributed by atoms with Gasteiger partial charge in [0.1, 0.15) is 12.2 Å². The van der Waals surface area contributed by atoms with Gasteiger partial charge in [0.15, 0.2) is 17.5 Å². The molecule has 0 aliphatic heterocycles. The van der Waals surface area contributed by atoms with E-state index in [9.17, 15) is 22.8 Å². The van der Waals surface area contributed by atoms with Gasteiger partial charge >= 0.3 is 0 Å². The quantitative estimate of drug-likeness (QED) is 0.710. The van der Waals surface area contributed by atoms with Crippen LogP contribution in [-0.2, 0) is 9.59 Å². The van der Waals surface area contributed by atoms with Gasteiger partial charge in [-0.1, -0.05) is 0 Å². The van der Waals surface area contributed by atoms with Gasteiger partial charge in [0.05, 0.1) is 12.2 Å². The summed E-state index contributed by atoms with van der Waals surface area (Å²) in [4.78, 5) is 27.5. The molecule has 10 heteroatoms. The van der Waals surface area contributed by atoms with Gasteiger partial charge in [0.25, 0.3) is 0 Å². The molecule has 7 nitrogen and oxygen atoms in total. The van der Waals surface area contributed by atoms with E-state index in [1.54, 1.807) is 0 Å². The lowest BCUT2D eigenvalue weighted by Crippen LogP contribution is -2.34. The average molecular weight is 339 g/mol. The molecule has 2 aromatic rings. The Morgan fingerprint density at radius 3 is 2.75 bits per heavy atom. The molecular weight excluding hydrogens is 327 g/mol. The summed E-state index contributed by atoms with van der Waals surface area (Å²) in [5, 5.41) is 10.8. The third-order valence-corrected chi connectivity index (χ3v) is 3.64. The van der Waals surface area contributed by atoms with Gasteiger partial charge in [-0.2, -0.15) is 5.10 Å². The Bertz CT molecular complexity index is 781. The highest BCUT2D eigenvalue weighted by Crippen LogP contribution is 2.45. The maximum atomic E-state index is 13.4. The Kier molecular flexibility index (Phi) is 4.19. The number of anilines is 1. The summed E-state index contributed by atoms with van der Waals surface area (Å²) in [6.45, 7) is -0.420. The number of H-pyrrole nitrogens is 1. The molecule has 2 amide bonds. The van der Waals surface area contributed by atoms with Gasteiger partial charge in [0, 0.05) is 11.8 Å². The van der Waals surface area contributed by atoms with Crippen LogP contribution in [0.2, 0.25) is 0 Å². The van der Waals surface area contributed by atoms with Crippen molar-refractivity contribution in [1.29, 1.82) is 0 Å². The normalized spacial score (nSPS) is 19.0. The van der Waals surface area contributed by atoms with Crippen molar-refractivity contribution in [2.24, 2.45) is 5.92 Å². The number of nitrogens with zero attached hydrogens (tertiary/aromatic N) is 2. The third kappa shape index (κ3) is 3.21. The maximum Gasteiger partial charge on any atom is 0.243 e. The molecule has 1 heterocycles. The first-order chi connectivity index (χ1) is 11.5. The van der Waals surface area contributed by atoms with Crippen molar-refractivity contribution in [3.05, 3.63) is 41.7 Å². The molecule has 0 saturated heterocycles. The average Bonchev–Trinajstić information content (AvgIpc) is 3.18. The number of aromatic amines is 1. The monoisotopic (exact) mass is 339 g/mol. The predicted molar refractivity (Wildman–Crippen MR) is 75.2 cm³/mol. The minimum absolute atomic E-state index is 0.0702. The zero-order chi connectivity index (χ0) is 17.3. The maximum absolute atomic E-state index is 13.4. The van der Waals surface area contributed by atoms with Crippen molar-refractivity contribution < 1.29 is 22.8 Å². The highest BCUT2D eigenvalue weighted by molar-refractivity contribution is 5.95. The molecule has 1 fully saturated rings. The van der Waals surface area contributed by atoms with Crippen molar-refractivity contribution in [2.45, 2.75) is 12.3 Å². The molecular formula is C14H12F3N5O2. The Balaban J connectivity index is 1.50. The van der Waals surface area contributed by atoms with E-state index in [-0.39, 0.29) is 17.7 Å². The Hall–Kier alpha value is -2.91. The summed E-state index contributed by atoms with van der Waals surface area (Å²) in [6, 6.07) is 1.59. The van der Waals surface area contributed by atoms with Crippen LogP contribution >= 0.6 is 0 Å². The first-order valence-corrected chi connectivity index (χ1v) is 7.03. The van der Waals surface area contributed by atoms with E-state index in [4.69, 9.17) is 0 Å². The summed E-state index contributed by atoms with van der Waals surface area (Å²) >= 11 is 0. The predicted octanol–water partition coefficient (Wildman–Crippen LogP) is 1.08. The Labute approximate surface area is 133 Å². The number of hydrogen-bond acceptors (Lipinski definition) is 4. The molecule has 1 aromatic heterocycles. The van der Waals surface area contributed by atoms with Crippen LogP contribution in [0.15, 0.2) is 18.5 Å². The van der Waals surface area contributed by atoms with E-state index in [1.165, 1.54) is 6.33 Å². The van der Waals surface area contributed by atoms with E-state index in [1.807, 2.05) is 0 Å². The fourth-order valence-corrected chi connectivity index (χ4v) is 2.30. The van der Waals surface area contributed by atoms with E-state index in [2.05, 4.69) is 25.8 Å². The highest BCUT2D eigenvalue weighted by Gasteiger charge is 2.45. The van der Waals surface area contributed by atoms with Crippen molar-refractivity contribution in [2.75, 3.05) is 11.9 Å². The van der Waals surface area contributed by atoms with Crippen molar-refractivity contribution in [3.8, 4) is 0 Å². The molecule has 2 unspecified atom stereocenters. The number of carbonyl (C=O) groups is 2. The van der Waals surface area contributed by atoms with Crippen LogP contribution in [0.5, 0.6) is 0 Å². The number of aromatic nitrogens is 3. The zero-order valence-corrected chi connectivity index (χ0v) is 12.1. The lowest BCUT2D eigenvalue weighted by atomic mass is 10.2. The first-order valence-electron chi connectivity index (χ1n) is 7.03. The van der Waals surface area contributed by atoms with Gasteiger partial charge in [-0.15, -0.1) is 0 Å². The van der Waals surface area contributed by atoms with Crippen LogP contribution in [0.3, 0.4) is 0 Å². The number of benzene rings is 1. The van der Waals surface area contributed by atoms with Crippen molar-refractivity contribution in [3.63, 3.8) is 0 Å². The minimum atomic E-state index is -1.68. The molecule has 24 heavy (non-hydrogen) atoms. The lowest BCUT2D eigenvalue weighted by Gasteiger charge is -2.08. The number of carbonyl (C=O) groups excluding carboxylic acids is 2. The second-order valence-corrected chi connectivity index (χ2v) is 5.31. The minimum Gasteiger partial charge on any atom is -0.347 e. The van der Waals surface area contributed by atoms with Gasteiger partial charge in [-0.05, 0) is 18.6 Å². The first kappa shape index (κ1) is 16.0. The molecule has 1 saturated carbocycles. The molecule has 0 spiro atoms. The van der Waals surface area contributed by atoms with Gasteiger partial charge in [-0.25, -0.2) is 18.2 Å². The number of rotatable bonds is 5. The Morgan fingerprint density at radius 1 is 1.25 bits per heavy atom. The van der Waals surface area contributed by atoms with Gasteiger partial charge in [-0.3, -0.25) is 14.7 Å². The van der Waals surface area contributed by atoms with E-state index >= 15 is 0 Å². The van der Waals surface area contributed by atoms with Gasteiger partial charge in [0.2, 0.25) is 11.8 Å². The van der Waals surface area contributed by atoms with Crippen LogP contribution in [0.4, 0.5) is 18.9 Å². The standard InChI is InChI=1S/C14H12F3N5O2/c15-8-1-2-9(12(17)11(8)16)21-10(23)4-18-14(24)7-3-6(7)13-19-5-20-22-13/h1-2,5-7H,3-4H2,(H,18,24)(H,21,23)(H,19,20,22). The van der Waals surface area contributed by atoms with Crippen molar-refractivity contribution in [1.82, 2.24) is 20.5 Å². The lowest BCUT2D eigenvalue weighted by molar-refractivity contribution is -0.125. The fourth-order valence-electron chi connectivity index (χ4n) is 2.30. The van der Waals surface area contributed by atoms with Crippen LogP contribution in [0, 0.1) is 23.4 Å². The second kappa shape index (κ2) is 6.30. The van der Waals surface area contributed by atoms with Gasteiger partial charge < -0.3 is 10.6 Å². The molecule has 3 rings (SSSR count). The van der Waals surface area contributed by atoms with Crippen molar-refractivity contribution >= 4 is 17.5 Å². The number of amides is 2. The smallest absolute Gasteiger partial charge is 0.243 e. The van der Waals surface area contributed by atoms with E-state index in [0.29, 0.717) is 18.3 Å². The molecule has 0 bridgehead atoms. The third-order valence-electron chi connectivity index (χ3n) is 3.64. The fraction of sp³-hybridized carbons (Fsp3) is 0.286. The van der Waals surface area contributed by atoms with E-state index in [0.717, 1.165) is 6.07 Å². The summed E-state index contributed by atoms with van der Waals surface area (Å²) in [5.41, 5.74) is -0.501. The highest BCUT2D eigenvalue weighted by atomic mass is 19.2. The topological polar surface area (TPSA) is 99.8 Å². The Morgan fingerprint density at radius 2 is 2.04 bits per heavy atom. The number of hydrogen-bond donors (Lipinski definition) is 3. The summed E-state index contributed by atoms with van der Waals surface area (Å²) in [5.74, 6) is -5.42. The summed E-state index contributed by atoms with van der Waals surface area (Å²) < 4.78 is 39.3. The SMILES string of the molecule is O=C(CNC(=O)C1CC1c1ncn[nH]1)Nc1ccc(F)c(F)c1F. The summed E-state index contributed by atoms with van der Waals surface area (Å²) in [6.07, 6.45) is 1.92. The molecule has 3 N–H and O–H groups in total. The van der Waals surface area contributed by atoms with Crippen LogP contribution < -0.4 is 10.6 Å². The molecule has 1 aliphatic carbocycles. The van der Waals surface area contributed by atoms with Crippen LogP contribution in [-0.4, -0.2) is 33.5 Å². The molecule has 1 aliphatic rings. The molecule has 126 valence electrons. The number of nitrogens with one attached hydrogen (secondary N) is 3.